The Kier molecular flexibility index (Phi) is 5.32. The molecular formula is C8H15N3O4. The third-order valence-electron chi connectivity index (χ3n) is 1.83. The van der Waals surface area contributed by atoms with Crippen LogP contribution in [0.4, 0.5) is 4.79 Å². The molecule has 0 rings (SSSR count). The number of hydrogen-bond donors (Lipinski definition) is 3. The number of nitrogens with two attached hydrogens (primary N) is 2. The second kappa shape index (κ2) is 5.97. The Morgan fingerprint density at radius 1 is 1.40 bits per heavy atom. The molecule has 3 amide bonds. The third kappa shape index (κ3) is 4.41. The van der Waals surface area contributed by atoms with E-state index < -0.39 is 23.9 Å². The lowest BCUT2D eigenvalue weighted by Gasteiger charge is -2.18. The molecular weight excluding hydrogens is 202 g/mol. The Morgan fingerprint density at radius 2 is 1.93 bits per heavy atom. The zero-order chi connectivity index (χ0) is 12.0. The fourth-order valence-corrected chi connectivity index (χ4v) is 1.01. The van der Waals surface area contributed by atoms with Crippen LogP contribution < -0.4 is 11.5 Å². The average molecular weight is 217 g/mol. The van der Waals surface area contributed by atoms with Gasteiger partial charge in [0.1, 0.15) is 0 Å². The summed E-state index contributed by atoms with van der Waals surface area (Å²) in [7, 11) is 0. The first kappa shape index (κ1) is 13.4. The molecule has 7 nitrogen and oxygen atoms in total. The van der Waals surface area contributed by atoms with Crippen molar-refractivity contribution < 1.29 is 19.5 Å². The molecule has 7 heteroatoms. The van der Waals surface area contributed by atoms with Gasteiger partial charge in [-0.2, -0.15) is 0 Å². The normalized spacial score (nSPS) is 11.9. The molecule has 86 valence electrons. The van der Waals surface area contributed by atoms with Gasteiger partial charge in [-0.05, 0) is 13.3 Å². The molecule has 0 aliphatic carbocycles. The van der Waals surface area contributed by atoms with E-state index in [-0.39, 0.29) is 19.4 Å². The molecule has 0 aliphatic rings. The summed E-state index contributed by atoms with van der Waals surface area (Å²) < 4.78 is 0. The second-order valence-electron chi connectivity index (χ2n) is 2.98. The number of nitrogens with zero attached hydrogens (tertiary/aromatic N) is 1. The highest BCUT2D eigenvalue weighted by atomic mass is 16.4. The first-order valence-corrected chi connectivity index (χ1v) is 4.48. The van der Waals surface area contributed by atoms with Crippen LogP contribution in [0.1, 0.15) is 19.8 Å². The highest BCUT2D eigenvalue weighted by Crippen LogP contribution is 2.00. The maximum Gasteiger partial charge on any atom is 0.414 e. The van der Waals surface area contributed by atoms with Gasteiger partial charge in [0, 0.05) is 13.0 Å². The second-order valence-corrected chi connectivity index (χ2v) is 2.98. The van der Waals surface area contributed by atoms with E-state index in [0.29, 0.717) is 4.90 Å². The highest BCUT2D eigenvalue weighted by molar-refractivity contribution is 5.94. The lowest BCUT2D eigenvalue weighted by Crippen LogP contribution is -2.46. The Bertz CT molecular complexity index is 267. The molecule has 0 fully saturated rings. The molecule has 0 saturated heterocycles. The van der Waals surface area contributed by atoms with Crippen LogP contribution in [0.3, 0.4) is 0 Å². The van der Waals surface area contributed by atoms with Gasteiger partial charge in [0.2, 0.25) is 11.8 Å². The van der Waals surface area contributed by atoms with Gasteiger partial charge in [0.15, 0.2) is 0 Å². The number of primary amides is 1. The number of rotatable bonds is 5. The molecule has 0 aliphatic heterocycles. The zero-order valence-electron chi connectivity index (χ0n) is 8.47. The molecule has 0 spiro atoms. The van der Waals surface area contributed by atoms with Crippen molar-refractivity contribution in [2.24, 2.45) is 11.5 Å². The minimum Gasteiger partial charge on any atom is -0.465 e. The maximum atomic E-state index is 11.4. The smallest absolute Gasteiger partial charge is 0.414 e. The van der Waals surface area contributed by atoms with Gasteiger partial charge in [-0.25, -0.2) is 9.69 Å². The van der Waals surface area contributed by atoms with Crippen LogP contribution in [0.5, 0.6) is 0 Å². The molecule has 0 radical (unpaired) electrons. The van der Waals surface area contributed by atoms with Crippen molar-refractivity contribution in [3.8, 4) is 0 Å². The Morgan fingerprint density at radius 3 is 2.27 bits per heavy atom. The number of carboxylic acid groups (broad SMARTS) is 1. The first-order chi connectivity index (χ1) is 6.90. The summed E-state index contributed by atoms with van der Waals surface area (Å²) in [5, 5.41) is 8.63. The summed E-state index contributed by atoms with van der Waals surface area (Å²) in [6.45, 7) is 1.55. The number of amides is 3. The van der Waals surface area contributed by atoms with E-state index in [2.05, 4.69) is 0 Å². The van der Waals surface area contributed by atoms with Crippen LogP contribution in [0, 0.1) is 0 Å². The quantitative estimate of drug-likeness (QED) is 0.550. The fourth-order valence-electron chi connectivity index (χ4n) is 1.01. The lowest BCUT2D eigenvalue weighted by molar-refractivity contribution is -0.130. The van der Waals surface area contributed by atoms with Crippen LogP contribution in [-0.2, 0) is 9.59 Å². The van der Waals surface area contributed by atoms with Crippen molar-refractivity contribution in [1.29, 1.82) is 0 Å². The van der Waals surface area contributed by atoms with Crippen molar-refractivity contribution >= 4 is 17.9 Å². The van der Waals surface area contributed by atoms with E-state index in [1.54, 1.807) is 0 Å². The van der Waals surface area contributed by atoms with Crippen molar-refractivity contribution in [3.63, 3.8) is 0 Å². The first-order valence-electron chi connectivity index (χ1n) is 4.48. The number of carbonyl (C=O) groups is 3. The molecule has 0 saturated carbocycles. The largest absolute Gasteiger partial charge is 0.465 e. The van der Waals surface area contributed by atoms with Gasteiger partial charge in [-0.1, -0.05) is 0 Å². The van der Waals surface area contributed by atoms with E-state index in [0.717, 1.165) is 0 Å². The molecule has 5 N–H and O–H groups in total. The molecule has 0 bridgehead atoms. The van der Waals surface area contributed by atoms with Gasteiger partial charge in [-0.15, -0.1) is 0 Å². The third-order valence-corrected chi connectivity index (χ3v) is 1.83. The lowest BCUT2D eigenvalue weighted by atomic mass is 10.1. The van der Waals surface area contributed by atoms with Gasteiger partial charge in [-0.3, -0.25) is 9.59 Å². The highest BCUT2D eigenvalue weighted by Gasteiger charge is 2.24. The molecule has 0 aromatic carbocycles. The summed E-state index contributed by atoms with van der Waals surface area (Å²) >= 11 is 0. The minimum atomic E-state index is -1.35. The molecule has 1 unspecified atom stereocenters. The van der Waals surface area contributed by atoms with Crippen LogP contribution in [0.2, 0.25) is 0 Å². The van der Waals surface area contributed by atoms with Crippen LogP contribution in [0.15, 0.2) is 0 Å². The Balaban J connectivity index is 4.28. The van der Waals surface area contributed by atoms with E-state index in [4.69, 9.17) is 16.6 Å². The summed E-state index contributed by atoms with van der Waals surface area (Å²) in [5.41, 5.74) is 10.3. The number of carbonyl (C=O) groups excluding carboxylic acids is 2. The van der Waals surface area contributed by atoms with Gasteiger partial charge >= 0.3 is 6.09 Å². The number of imide groups is 1. The fraction of sp³-hybridized carbons (Fsp3) is 0.625. The van der Waals surface area contributed by atoms with Crippen LogP contribution in [-0.4, -0.2) is 40.5 Å². The predicted molar refractivity (Wildman–Crippen MR) is 51.8 cm³/mol. The Labute approximate surface area is 87.0 Å². The van der Waals surface area contributed by atoms with Gasteiger partial charge in [0.05, 0.1) is 6.04 Å². The van der Waals surface area contributed by atoms with E-state index in [1.807, 2.05) is 0 Å². The summed E-state index contributed by atoms with van der Waals surface area (Å²) in [6.07, 6.45) is -1.33. The SMILES string of the molecule is CCN(C(=O)O)C(=O)C(N)CCC(N)=O. The molecule has 1 atom stereocenters. The average Bonchev–Trinajstić information content (AvgIpc) is 2.14. The van der Waals surface area contributed by atoms with Crippen molar-refractivity contribution in [1.82, 2.24) is 4.90 Å². The van der Waals surface area contributed by atoms with Gasteiger partial charge < -0.3 is 16.6 Å². The summed E-state index contributed by atoms with van der Waals surface area (Å²) in [4.78, 5) is 33.0. The minimum absolute atomic E-state index is 0.0262. The topological polar surface area (TPSA) is 127 Å². The predicted octanol–water partition coefficient (Wildman–Crippen LogP) is -0.894. The van der Waals surface area contributed by atoms with Crippen LogP contribution in [0.25, 0.3) is 0 Å². The number of hydrogen-bond acceptors (Lipinski definition) is 4. The Hall–Kier alpha value is -1.63. The zero-order valence-corrected chi connectivity index (χ0v) is 8.47. The van der Waals surface area contributed by atoms with E-state index in [1.165, 1.54) is 6.92 Å². The van der Waals surface area contributed by atoms with E-state index in [9.17, 15) is 14.4 Å². The number of likely N-dealkylation sites (N-methyl/N-ethyl adjacent to an activating group) is 1. The van der Waals surface area contributed by atoms with Crippen molar-refractivity contribution in [2.75, 3.05) is 6.54 Å². The van der Waals surface area contributed by atoms with Crippen LogP contribution >= 0.6 is 0 Å². The standard InChI is InChI=1S/C8H15N3O4/c1-2-11(8(14)15)7(13)5(9)3-4-6(10)12/h5H,2-4,9H2,1H3,(H2,10,12)(H,14,15). The molecule has 15 heavy (non-hydrogen) atoms. The maximum absolute atomic E-state index is 11.4. The summed E-state index contributed by atoms with van der Waals surface area (Å²) in [6, 6.07) is -1.01. The van der Waals surface area contributed by atoms with Gasteiger partial charge in [0.25, 0.3) is 0 Å². The molecule has 0 aromatic rings. The van der Waals surface area contributed by atoms with Crippen molar-refractivity contribution in [2.45, 2.75) is 25.8 Å². The summed E-state index contributed by atoms with van der Waals surface area (Å²) in [5.74, 6) is -1.29. The monoisotopic (exact) mass is 217 g/mol. The van der Waals surface area contributed by atoms with Crippen molar-refractivity contribution in [3.05, 3.63) is 0 Å². The van der Waals surface area contributed by atoms with E-state index >= 15 is 0 Å². The molecule has 0 heterocycles. The molecule has 0 aromatic heterocycles.